The zero-order valence-corrected chi connectivity index (χ0v) is 9.63. The van der Waals surface area contributed by atoms with Gasteiger partial charge in [0.25, 0.3) is 5.56 Å². The van der Waals surface area contributed by atoms with Gasteiger partial charge in [0, 0.05) is 6.07 Å². The Kier molecular flexibility index (Phi) is 1.84. The summed E-state index contributed by atoms with van der Waals surface area (Å²) in [4.78, 5) is 16.6. The molecule has 5 heteroatoms. The number of halogens is 1. The normalized spacial score (nSPS) is 11.6. The monoisotopic (exact) mass is 254 g/mol. The van der Waals surface area contributed by atoms with Crippen molar-refractivity contribution in [3.63, 3.8) is 0 Å². The third-order valence-electron chi connectivity index (χ3n) is 3.11. The van der Waals surface area contributed by atoms with Crippen LogP contribution in [0.15, 0.2) is 51.7 Å². The van der Waals surface area contributed by atoms with Crippen LogP contribution in [-0.4, -0.2) is 9.38 Å². The van der Waals surface area contributed by atoms with Crippen LogP contribution in [0.4, 0.5) is 4.39 Å². The van der Waals surface area contributed by atoms with Gasteiger partial charge in [-0.3, -0.25) is 4.79 Å². The molecule has 4 nitrogen and oxygen atoms in total. The largest absolute Gasteiger partial charge is 0.424 e. The molecule has 0 N–H and O–H groups in total. The summed E-state index contributed by atoms with van der Waals surface area (Å²) in [6.45, 7) is 0. The van der Waals surface area contributed by atoms with Crippen molar-refractivity contribution < 1.29 is 8.81 Å². The van der Waals surface area contributed by atoms with Gasteiger partial charge in [-0.25, -0.2) is 8.79 Å². The highest BCUT2D eigenvalue weighted by Gasteiger charge is 2.12. The average molecular weight is 254 g/mol. The maximum absolute atomic E-state index is 13.2. The predicted octanol–water partition coefficient (Wildman–Crippen LogP) is 2.73. The Morgan fingerprint density at radius 2 is 2.00 bits per heavy atom. The molecular formula is C14H7FN2O2. The lowest BCUT2D eigenvalue weighted by Crippen LogP contribution is -2.12. The van der Waals surface area contributed by atoms with E-state index in [9.17, 15) is 9.18 Å². The lowest BCUT2D eigenvalue weighted by Gasteiger charge is -1.98. The Hall–Kier alpha value is -2.69. The molecule has 0 aliphatic carbocycles. The SMILES string of the molecule is O=c1c2ccccc2oc2nc3cc(F)ccc3n12. The minimum absolute atomic E-state index is 0.171. The fourth-order valence-corrected chi connectivity index (χ4v) is 2.25. The number of nitrogens with zero attached hydrogens (tertiary/aromatic N) is 2. The van der Waals surface area contributed by atoms with Gasteiger partial charge in [0.15, 0.2) is 0 Å². The van der Waals surface area contributed by atoms with Gasteiger partial charge in [0.1, 0.15) is 11.4 Å². The molecule has 0 fully saturated rings. The van der Waals surface area contributed by atoms with E-state index in [1.807, 2.05) is 0 Å². The molecule has 4 aromatic rings. The number of hydrogen-bond acceptors (Lipinski definition) is 3. The second-order valence-corrected chi connectivity index (χ2v) is 4.27. The van der Waals surface area contributed by atoms with Crippen LogP contribution >= 0.6 is 0 Å². The first-order chi connectivity index (χ1) is 9.24. The molecule has 2 aromatic heterocycles. The van der Waals surface area contributed by atoms with Crippen LogP contribution in [0.1, 0.15) is 0 Å². The minimum atomic E-state index is -0.395. The Labute approximate surface area is 105 Å². The summed E-state index contributed by atoms with van der Waals surface area (Å²) in [5.41, 5.74) is 1.19. The lowest BCUT2D eigenvalue weighted by atomic mass is 10.2. The van der Waals surface area contributed by atoms with Crippen molar-refractivity contribution in [1.29, 1.82) is 0 Å². The summed E-state index contributed by atoms with van der Waals surface area (Å²) < 4.78 is 20.1. The molecule has 2 heterocycles. The van der Waals surface area contributed by atoms with Crippen molar-refractivity contribution in [2.24, 2.45) is 0 Å². The molecule has 92 valence electrons. The van der Waals surface area contributed by atoms with Crippen molar-refractivity contribution in [2.45, 2.75) is 0 Å². The number of rotatable bonds is 0. The van der Waals surface area contributed by atoms with Crippen molar-refractivity contribution in [2.75, 3.05) is 0 Å². The molecular weight excluding hydrogens is 247 g/mol. The maximum atomic E-state index is 13.2. The Morgan fingerprint density at radius 1 is 1.16 bits per heavy atom. The molecule has 2 aromatic carbocycles. The molecule has 0 bridgehead atoms. The predicted molar refractivity (Wildman–Crippen MR) is 68.7 cm³/mol. The standard InChI is InChI=1S/C14H7FN2O2/c15-8-5-6-11-10(7-8)16-14-17(11)13(18)9-3-1-2-4-12(9)19-14/h1-7H. The van der Waals surface area contributed by atoms with Crippen LogP contribution in [0.3, 0.4) is 0 Å². The highest BCUT2D eigenvalue weighted by Crippen LogP contribution is 2.19. The topological polar surface area (TPSA) is 47.5 Å². The number of benzene rings is 2. The lowest BCUT2D eigenvalue weighted by molar-refractivity contribution is 0.616. The molecule has 0 radical (unpaired) electrons. The van der Waals surface area contributed by atoms with Crippen molar-refractivity contribution in [3.8, 4) is 0 Å². The zero-order valence-electron chi connectivity index (χ0n) is 9.63. The van der Waals surface area contributed by atoms with E-state index in [0.717, 1.165) is 0 Å². The highest BCUT2D eigenvalue weighted by molar-refractivity contribution is 5.83. The molecule has 19 heavy (non-hydrogen) atoms. The second-order valence-electron chi connectivity index (χ2n) is 4.27. The van der Waals surface area contributed by atoms with Crippen LogP contribution in [0.2, 0.25) is 0 Å². The summed E-state index contributed by atoms with van der Waals surface area (Å²) in [6.07, 6.45) is 0. The fraction of sp³-hybridized carbons (Fsp3) is 0. The fourth-order valence-electron chi connectivity index (χ4n) is 2.25. The van der Waals surface area contributed by atoms with Crippen LogP contribution in [0.25, 0.3) is 27.8 Å². The second kappa shape index (κ2) is 3.41. The van der Waals surface area contributed by atoms with Gasteiger partial charge in [-0.15, -0.1) is 0 Å². The average Bonchev–Trinajstić information content (AvgIpc) is 2.76. The zero-order chi connectivity index (χ0) is 13.0. The molecule has 0 atom stereocenters. The van der Waals surface area contributed by atoms with Crippen molar-refractivity contribution >= 4 is 27.8 Å². The van der Waals surface area contributed by atoms with E-state index in [2.05, 4.69) is 4.98 Å². The Morgan fingerprint density at radius 3 is 2.89 bits per heavy atom. The third-order valence-corrected chi connectivity index (χ3v) is 3.11. The van der Waals surface area contributed by atoms with E-state index >= 15 is 0 Å². The Bertz CT molecular complexity index is 1000. The number of aromatic nitrogens is 2. The maximum Gasteiger partial charge on any atom is 0.310 e. The summed E-state index contributed by atoms with van der Waals surface area (Å²) >= 11 is 0. The van der Waals surface area contributed by atoms with Crippen LogP contribution < -0.4 is 5.56 Å². The number of hydrogen-bond donors (Lipinski definition) is 0. The Balaban J connectivity index is 2.33. The van der Waals surface area contributed by atoms with Crippen LogP contribution in [-0.2, 0) is 0 Å². The number of para-hydroxylation sites is 1. The summed E-state index contributed by atoms with van der Waals surface area (Å²) in [5.74, 6) is -0.225. The van der Waals surface area contributed by atoms with Crippen LogP contribution in [0.5, 0.6) is 0 Å². The molecule has 0 aliphatic rings. The number of imidazole rings is 1. The quantitative estimate of drug-likeness (QED) is 0.484. The van der Waals surface area contributed by atoms with E-state index in [1.54, 1.807) is 24.3 Å². The van der Waals surface area contributed by atoms with E-state index in [0.29, 0.717) is 22.0 Å². The van der Waals surface area contributed by atoms with E-state index in [-0.39, 0.29) is 11.4 Å². The molecule has 0 aliphatic heterocycles. The molecule has 0 saturated carbocycles. The number of fused-ring (bicyclic) bond motifs is 4. The highest BCUT2D eigenvalue weighted by atomic mass is 19.1. The van der Waals surface area contributed by atoms with Gasteiger partial charge in [-0.1, -0.05) is 12.1 Å². The summed E-state index contributed by atoms with van der Waals surface area (Å²) in [6, 6.07) is 11.0. The third kappa shape index (κ3) is 1.32. The van der Waals surface area contributed by atoms with E-state index in [4.69, 9.17) is 4.42 Å². The first kappa shape index (κ1) is 10.3. The van der Waals surface area contributed by atoms with Gasteiger partial charge < -0.3 is 4.42 Å². The first-order valence-electron chi connectivity index (χ1n) is 5.73. The molecule has 0 amide bonds. The van der Waals surface area contributed by atoms with Gasteiger partial charge in [0.05, 0.1) is 16.4 Å². The van der Waals surface area contributed by atoms with E-state index < -0.39 is 5.82 Å². The van der Waals surface area contributed by atoms with Gasteiger partial charge in [-0.05, 0) is 24.3 Å². The van der Waals surface area contributed by atoms with E-state index in [1.165, 1.54) is 22.6 Å². The molecule has 0 spiro atoms. The first-order valence-corrected chi connectivity index (χ1v) is 5.73. The molecule has 0 unspecified atom stereocenters. The molecule has 0 saturated heterocycles. The van der Waals surface area contributed by atoms with Gasteiger partial charge in [-0.2, -0.15) is 4.98 Å². The van der Waals surface area contributed by atoms with Crippen LogP contribution in [0, 0.1) is 5.82 Å². The van der Waals surface area contributed by atoms with Crippen molar-refractivity contribution in [1.82, 2.24) is 9.38 Å². The van der Waals surface area contributed by atoms with Gasteiger partial charge in [0.2, 0.25) is 0 Å². The summed E-state index contributed by atoms with van der Waals surface area (Å²) in [5, 5.41) is 0.471. The van der Waals surface area contributed by atoms with Gasteiger partial charge >= 0.3 is 5.84 Å². The molecule has 4 rings (SSSR count). The summed E-state index contributed by atoms with van der Waals surface area (Å²) in [7, 11) is 0. The van der Waals surface area contributed by atoms with Crippen molar-refractivity contribution in [3.05, 3.63) is 58.6 Å². The smallest absolute Gasteiger partial charge is 0.310 e. The minimum Gasteiger partial charge on any atom is -0.424 e.